The second-order valence-electron chi connectivity index (χ2n) is 3.54. The lowest BCUT2D eigenvalue weighted by molar-refractivity contribution is -0.122. The maximum Gasteiger partial charge on any atom is 0.293 e. The van der Waals surface area contributed by atoms with E-state index in [2.05, 4.69) is 0 Å². The highest BCUT2D eigenvalue weighted by molar-refractivity contribution is 8.18. The molecule has 0 bridgehead atoms. The van der Waals surface area contributed by atoms with Gasteiger partial charge in [0.2, 0.25) is 0 Å². The number of thioether (sulfide) groups is 1. The van der Waals surface area contributed by atoms with E-state index in [1.54, 1.807) is 13.0 Å². The highest BCUT2D eigenvalue weighted by Gasteiger charge is 2.33. The Bertz CT molecular complexity index is 476. The summed E-state index contributed by atoms with van der Waals surface area (Å²) in [5, 5.41) is -0.185. The van der Waals surface area contributed by atoms with Gasteiger partial charge < -0.3 is 4.57 Å². The molecule has 2 amide bonds. The number of nitrogens with zero attached hydrogens (tertiary/aromatic N) is 2. The highest BCUT2D eigenvalue weighted by atomic mass is 32.2. The molecule has 0 saturated carbocycles. The summed E-state index contributed by atoms with van der Waals surface area (Å²) < 4.78 is 1.90. The molecule has 0 aliphatic carbocycles. The molecule has 1 fully saturated rings. The van der Waals surface area contributed by atoms with Crippen molar-refractivity contribution in [1.29, 1.82) is 0 Å². The first kappa shape index (κ1) is 11.0. The molecule has 1 aliphatic rings. The minimum absolute atomic E-state index is 0.185. The molecule has 4 nitrogen and oxygen atoms in total. The van der Waals surface area contributed by atoms with Crippen LogP contribution in [0.2, 0.25) is 0 Å². The number of hydrogen-bond acceptors (Lipinski definition) is 3. The first-order chi connectivity index (χ1) is 7.61. The van der Waals surface area contributed by atoms with Gasteiger partial charge in [-0.05, 0) is 36.4 Å². The van der Waals surface area contributed by atoms with Crippen molar-refractivity contribution in [2.45, 2.75) is 6.92 Å². The molecule has 84 valence electrons. The van der Waals surface area contributed by atoms with Gasteiger partial charge in [0, 0.05) is 26.0 Å². The lowest BCUT2D eigenvalue weighted by atomic mass is 10.3. The van der Waals surface area contributed by atoms with Gasteiger partial charge in [-0.2, -0.15) is 0 Å². The molecule has 5 heteroatoms. The van der Waals surface area contributed by atoms with Gasteiger partial charge in [0.1, 0.15) is 0 Å². The molecule has 0 aromatic carbocycles. The van der Waals surface area contributed by atoms with Crippen molar-refractivity contribution in [3.05, 3.63) is 28.9 Å². The third-order valence-electron chi connectivity index (χ3n) is 2.34. The van der Waals surface area contributed by atoms with E-state index in [1.807, 2.05) is 30.1 Å². The van der Waals surface area contributed by atoms with Gasteiger partial charge in [-0.1, -0.05) is 0 Å². The number of likely N-dealkylation sites (N-methyl/N-ethyl adjacent to an activating group) is 1. The van der Waals surface area contributed by atoms with Crippen LogP contribution in [0.1, 0.15) is 12.5 Å². The molecule has 0 spiro atoms. The van der Waals surface area contributed by atoms with Crippen LogP contribution >= 0.6 is 11.8 Å². The summed E-state index contributed by atoms with van der Waals surface area (Å²) >= 11 is 1.000. The first-order valence-corrected chi connectivity index (χ1v) is 5.81. The van der Waals surface area contributed by atoms with E-state index in [0.717, 1.165) is 17.3 Å². The summed E-state index contributed by atoms with van der Waals surface area (Å²) in [6, 6.07) is 1.90. The topological polar surface area (TPSA) is 42.3 Å². The number of carbonyl (C=O) groups is 2. The molecule has 2 rings (SSSR count). The highest BCUT2D eigenvalue weighted by Crippen LogP contribution is 2.31. The van der Waals surface area contributed by atoms with Gasteiger partial charge in [0.25, 0.3) is 11.1 Å². The number of amides is 2. The molecule has 1 saturated heterocycles. The maximum absolute atomic E-state index is 11.8. The molecule has 1 aromatic rings. The summed E-state index contributed by atoms with van der Waals surface area (Å²) in [5.41, 5.74) is 0.934. The van der Waals surface area contributed by atoms with Crippen LogP contribution in [0.3, 0.4) is 0 Å². The fraction of sp³-hybridized carbons (Fsp3) is 0.273. The third kappa shape index (κ3) is 1.90. The second kappa shape index (κ2) is 4.17. The monoisotopic (exact) mass is 236 g/mol. The summed E-state index contributed by atoms with van der Waals surface area (Å²) in [6.45, 7) is 2.22. The van der Waals surface area contributed by atoms with Crippen LogP contribution in [0.25, 0.3) is 6.08 Å². The van der Waals surface area contributed by atoms with Crippen molar-refractivity contribution < 1.29 is 9.59 Å². The van der Waals surface area contributed by atoms with E-state index >= 15 is 0 Å². The molecule has 0 unspecified atom stereocenters. The summed E-state index contributed by atoms with van der Waals surface area (Å²) in [6.07, 6.45) is 5.55. The van der Waals surface area contributed by atoms with Crippen molar-refractivity contribution in [2.24, 2.45) is 7.05 Å². The summed E-state index contributed by atoms with van der Waals surface area (Å²) in [4.78, 5) is 25.0. The number of imide groups is 1. The Morgan fingerprint density at radius 2 is 2.19 bits per heavy atom. The van der Waals surface area contributed by atoms with Crippen LogP contribution < -0.4 is 0 Å². The SMILES string of the molecule is CCN1C(=O)S/C(=C/c2ccn(C)c2)C1=O. The molecule has 2 heterocycles. The molecule has 0 atom stereocenters. The zero-order chi connectivity index (χ0) is 11.7. The smallest absolute Gasteiger partial charge is 0.293 e. The zero-order valence-electron chi connectivity index (χ0n) is 9.14. The average Bonchev–Trinajstić information content (AvgIpc) is 2.74. The van der Waals surface area contributed by atoms with Crippen molar-refractivity contribution >= 4 is 29.0 Å². The van der Waals surface area contributed by atoms with E-state index in [4.69, 9.17) is 0 Å². The number of aromatic nitrogens is 1. The van der Waals surface area contributed by atoms with Gasteiger partial charge in [-0.15, -0.1) is 0 Å². The van der Waals surface area contributed by atoms with Crippen LogP contribution in [-0.2, 0) is 11.8 Å². The number of carbonyl (C=O) groups excluding carboxylic acids is 2. The van der Waals surface area contributed by atoms with Crippen LogP contribution in [-0.4, -0.2) is 27.2 Å². The molecular weight excluding hydrogens is 224 g/mol. The Morgan fingerprint density at radius 1 is 1.44 bits per heavy atom. The first-order valence-electron chi connectivity index (χ1n) is 4.99. The molecule has 1 aromatic heterocycles. The van der Waals surface area contributed by atoms with Gasteiger partial charge in [-0.3, -0.25) is 14.5 Å². The fourth-order valence-electron chi connectivity index (χ4n) is 1.53. The third-order valence-corrected chi connectivity index (χ3v) is 3.25. The minimum Gasteiger partial charge on any atom is -0.357 e. The summed E-state index contributed by atoms with van der Waals surface area (Å²) in [7, 11) is 1.91. The second-order valence-corrected chi connectivity index (χ2v) is 4.53. The summed E-state index contributed by atoms with van der Waals surface area (Å²) in [5.74, 6) is -0.193. The van der Waals surface area contributed by atoms with Crippen molar-refractivity contribution in [3.63, 3.8) is 0 Å². The van der Waals surface area contributed by atoms with Crippen molar-refractivity contribution in [3.8, 4) is 0 Å². The Morgan fingerprint density at radius 3 is 2.69 bits per heavy atom. The molecular formula is C11H12N2O2S. The van der Waals surface area contributed by atoms with Gasteiger partial charge in [0.15, 0.2) is 0 Å². The average molecular weight is 236 g/mol. The standard InChI is InChI=1S/C11H12N2O2S/c1-3-13-10(14)9(16-11(13)15)6-8-4-5-12(2)7-8/h4-7H,3H2,1-2H3/b9-6+. The predicted molar refractivity (Wildman–Crippen MR) is 63.8 cm³/mol. The van der Waals surface area contributed by atoms with Gasteiger partial charge >= 0.3 is 0 Å². The quantitative estimate of drug-likeness (QED) is 0.738. The number of rotatable bonds is 2. The molecule has 0 N–H and O–H groups in total. The minimum atomic E-state index is -0.193. The normalized spacial score (nSPS) is 18.9. The Labute approximate surface area is 97.9 Å². The van der Waals surface area contributed by atoms with Crippen LogP contribution in [0.4, 0.5) is 4.79 Å². The lowest BCUT2D eigenvalue weighted by Crippen LogP contribution is -2.27. The largest absolute Gasteiger partial charge is 0.357 e. The Kier molecular flexibility index (Phi) is 2.87. The molecule has 16 heavy (non-hydrogen) atoms. The maximum atomic E-state index is 11.8. The fourth-order valence-corrected chi connectivity index (χ4v) is 2.44. The Hall–Kier alpha value is -1.49. The van der Waals surface area contributed by atoms with Crippen LogP contribution in [0.15, 0.2) is 23.4 Å². The van der Waals surface area contributed by atoms with Gasteiger partial charge in [-0.25, -0.2) is 0 Å². The van der Waals surface area contributed by atoms with E-state index < -0.39 is 0 Å². The van der Waals surface area contributed by atoms with Crippen molar-refractivity contribution in [1.82, 2.24) is 9.47 Å². The number of hydrogen-bond donors (Lipinski definition) is 0. The predicted octanol–water partition coefficient (Wildman–Crippen LogP) is 2.08. The number of aryl methyl sites for hydroxylation is 1. The molecule has 0 radical (unpaired) electrons. The van der Waals surface area contributed by atoms with E-state index in [0.29, 0.717) is 11.4 Å². The van der Waals surface area contributed by atoms with E-state index in [-0.39, 0.29) is 11.1 Å². The van der Waals surface area contributed by atoms with Gasteiger partial charge in [0.05, 0.1) is 4.91 Å². The van der Waals surface area contributed by atoms with Crippen molar-refractivity contribution in [2.75, 3.05) is 6.54 Å². The van der Waals surface area contributed by atoms with Crippen LogP contribution in [0.5, 0.6) is 0 Å². The zero-order valence-corrected chi connectivity index (χ0v) is 9.95. The Balaban J connectivity index is 2.27. The lowest BCUT2D eigenvalue weighted by Gasteiger charge is -2.06. The molecule has 1 aliphatic heterocycles. The van der Waals surface area contributed by atoms with E-state index in [1.165, 1.54) is 4.90 Å². The van der Waals surface area contributed by atoms with E-state index in [9.17, 15) is 9.59 Å². The van der Waals surface area contributed by atoms with Crippen LogP contribution in [0, 0.1) is 0 Å².